The number of amides is 2. The van der Waals surface area contributed by atoms with Crippen LogP contribution >= 0.6 is 0 Å². The predicted molar refractivity (Wildman–Crippen MR) is 114 cm³/mol. The zero-order valence-electron chi connectivity index (χ0n) is 17.2. The van der Waals surface area contributed by atoms with Gasteiger partial charge in [0.25, 0.3) is 0 Å². The quantitative estimate of drug-likeness (QED) is 0.603. The van der Waals surface area contributed by atoms with Crippen molar-refractivity contribution in [2.24, 2.45) is 0 Å². The Bertz CT molecular complexity index is 701. The highest BCUT2D eigenvalue weighted by atomic mass is 16.2. The third-order valence-corrected chi connectivity index (χ3v) is 6.28. The summed E-state index contributed by atoms with van der Waals surface area (Å²) in [6.45, 7) is 1.49. The van der Waals surface area contributed by atoms with Crippen molar-refractivity contribution < 1.29 is 9.59 Å². The van der Waals surface area contributed by atoms with Crippen molar-refractivity contribution in [1.82, 2.24) is 10.2 Å². The minimum absolute atomic E-state index is 0.0516. The van der Waals surface area contributed by atoms with Gasteiger partial charge >= 0.3 is 0 Å². The zero-order valence-corrected chi connectivity index (χ0v) is 17.2. The van der Waals surface area contributed by atoms with Gasteiger partial charge in [0.2, 0.25) is 11.8 Å². The number of anilines is 1. The molecule has 1 saturated heterocycles. The fraction of sp³-hybridized carbons (Fsp3) is 0.565. The van der Waals surface area contributed by atoms with Gasteiger partial charge in [0.1, 0.15) is 0 Å². The van der Waals surface area contributed by atoms with Crippen LogP contribution in [-0.2, 0) is 9.59 Å². The molecule has 0 spiro atoms. The highest BCUT2D eigenvalue weighted by Crippen LogP contribution is 2.30. The Kier molecular flexibility index (Phi) is 6.89. The number of hydrogen-bond acceptors (Lipinski definition) is 3. The molecular formula is C23H33N3O2. The number of rotatable bonds is 6. The van der Waals surface area contributed by atoms with Gasteiger partial charge in [-0.3, -0.25) is 9.59 Å². The molecule has 1 heterocycles. The van der Waals surface area contributed by atoms with E-state index in [1.165, 1.54) is 25.7 Å². The lowest BCUT2D eigenvalue weighted by Gasteiger charge is -2.39. The van der Waals surface area contributed by atoms with E-state index in [9.17, 15) is 9.59 Å². The molecule has 1 aromatic carbocycles. The van der Waals surface area contributed by atoms with Gasteiger partial charge in [-0.2, -0.15) is 0 Å². The molecule has 0 unspecified atom stereocenters. The minimum Gasteiger partial charge on any atom is -0.351 e. The summed E-state index contributed by atoms with van der Waals surface area (Å²) >= 11 is 0. The van der Waals surface area contributed by atoms with E-state index in [0.29, 0.717) is 13.0 Å². The van der Waals surface area contributed by atoms with Gasteiger partial charge < -0.3 is 15.1 Å². The number of carbonyl (C=O) groups excluding carboxylic acids is 2. The number of hydrogen-bond donors (Lipinski definition) is 1. The number of nitrogens with one attached hydrogen (secondary N) is 1. The number of carbonyl (C=O) groups is 2. The van der Waals surface area contributed by atoms with Crippen molar-refractivity contribution in [2.75, 3.05) is 32.1 Å². The lowest BCUT2D eigenvalue weighted by atomic mass is 9.88. The Balaban J connectivity index is 1.55. The minimum atomic E-state index is -0.0516. The SMILES string of the molecule is CN(C)C1(CNC(=O)C=Cc2ccc(N3CCCC3=O)cc2)CCCCCC1. The summed E-state index contributed by atoms with van der Waals surface area (Å²) in [6, 6.07) is 7.81. The van der Waals surface area contributed by atoms with Crippen LogP contribution in [0.2, 0.25) is 0 Å². The maximum atomic E-state index is 12.4. The van der Waals surface area contributed by atoms with Gasteiger partial charge in [-0.1, -0.05) is 37.8 Å². The van der Waals surface area contributed by atoms with Crippen LogP contribution < -0.4 is 10.2 Å². The molecule has 0 atom stereocenters. The van der Waals surface area contributed by atoms with Crippen LogP contribution in [0.4, 0.5) is 5.69 Å². The molecule has 1 aliphatic heterocycles. The van der Waals surface area contributed by atoms with Crippen molar-refractivity contribution >= 4 is 23.6 Å². The van der Waals surface area contributed by atoms with Crippen LogP contribution in [0.5, 0.6) is 0 Å². The van der Waals surface area contributed by atoms with Crippen LogP contribution in [-0.4, -0.2) is 49.4 Å². The smallest absolute Gasteiger partial charge is 0.244 e. The first kappa shape index (κ1) is 20.6. The van der Waals surface area contributed by atoms with E-state index >= 15 is 0 Å². The van der Waals surface area contributed by atoms with Gasteiger partial charge in [-0.15, -0.1) is 0 Å². The normalized spacial score (nSPS) is 20.0. The van der Waals surface area contributed by atoms with Crippen molar-refractivity contribution in [3.05, 3.63) is 35.9 Å². The first-order chi connectivity index (χ1) is 13.5. The molecule has 1 aromatic rings. The van der Waals surface area contributed by atoms with Crippen LogP contribution in [0, 0.1) is 0 Å². The Hall–Kier alpha value is -2.14. The Labute approximate surface area is 168 Å². The molecule has 5 nitrogen and oxygen atoms in total. The standard InChI is InChI=1S/C23H33N3O2/c1-25(2)23(15-5-3-4-6-16-23)18-24-21(27)14-11-19-9-12-20(13-10-19)26-17-7-8-22(26)28/h9-14H,3-8,15-18H2,1-2H3,(H,24,27). The van der Waals surface area contributed by atoms with E-state index in [0.717, 1.165) is 37.1 Å². The van der Waals surface area contributed by atoms with E-state index in [1.807, 2.05) is 35.2 Å². The molecule has 28 heavy (non-hydrogen) atoms. The molecule has 1 saturated carbocycles. The third-order valence-electron chi connectivity index (χ3n) is 6.28. The monoisotopic (exact) mass is 383 g/mol. The fourth-order valence-electron chi connectivity index (χ4n) is 4.34. The van der Waals surface area contributed by atoms with Crippen molar-refractivity contribution in [3.8, 4) is 0 Å². The molecule has 0 bridgehead atoms. The fourth-order valence-corrected chi connectivity index (χ4v) is 4.34. The van der Waals surface area contributed by atoms with Gasteiger partial charge in [-0.05, 0) is 57.1 Å². The summed E-state index contributed by atoms with van der Waals surface area (Å²) in [6.07, 6.45) is 12.3. The summed E-state index contributed by atoms with van der Waals surface area (Å²) in [4.78, 5) is 28.3. The lowest BCUT2D eigenvalue weighted by molar-refractivity contribution is -0.117. The van der Waals surface area contributed by atoms with Gasteiger partial charge in [0.05, 0.1) is 0 Å². The van der Waals surface area contributed by atoms with Crippen molar-refractivity contribution in [1.29, 1.82) is 0 Å². The maximum Gasteiger partial charge on any atom is 0.244 e. The molecule has 3 rings (SSSR count). The summed E-state index contributed by atoms with van der Waals surface area (Å²) in [5.74, 6) is 0.139. The molecule has 152 valence electrons. The molecule has 5 heteroatoms. The average molecular weight is 384 g/mol. The third kappa shape index (κ3) is 5.02. The lowest BCUT2D eigenvalue weighted by Crippen LogP contribution is -2.52. The second-order valence-electron chi connectivity index (χ2n) is 8.32. The Morgan fingerprint density at radius 2 is 1.79 bits per heavy atom. The zero-order chi connectivity index (χ0) is 20.0. The van der Waals surface area contributed by atoms with E-state index in [1.54, 1.807) is 6.08 Å². The largest absolute Gasteiger partial charge is 0.351 e. The topological polar surface area (TPSA) is 52.7 Å². The number of nitrogens with zero attached hydrogens (tertiary/aromatic N) is 2. The van der Waals surface area contributed by atoms with Gasteiger partial charge in [0.15, 0.2) is 0 Å². The van der Waals surface area contributed by atoms with E-state index in [2.05, 4.69) is 24.3 Å². The van der Waals surface area contributed by atoms with Crippen LogP contribution in [0.25, 0.3) is 6.08 Å². The molecule has 1 aliphatic carbocycles. The Morgan fingerprint density at radius 1 is 1.11 bits per heavy atom. The Morgan fingerprint density at radius 3 is 2.36 bits per heavy atom. The number of benzene rings is 1. The second-order valence-corrected chi connectivity index (χ2v) is 8.32. The van der Waals surface area contributed by atoms with Crippen molar-refractivity contribution in [2.45, 2.75) is 56.9 Å². The molecule has 2 fully saturated rings. The predicted octanol–water partition coefficient (Wildman–Crippen LogP) is 3.60. The highest BCUT2D eigenvalue weighted by Gasteiger charge is 2.33. The van der Waals surface area contributed by atoms with Crippen LogP contribution in [0.1, 0.15) is 56.9 Å². The maximum absolute atomic E-state index is 12.4. The second kappa shape index (κ2) is 9.37. The first-order valence-electron chi connectivity index (χ1n) is 10.5. The summed E-state index contributed by atoms with van der Waals surface area (Å²) in [7, 11) is 4.25. The highest BCUT2D eigenvalue weighted by molar-refractivity contribution is 5.95. The molecular weight excluding hydrogens is 350 g/mol. The van der Waals surface area contributed by atoms with E-state index in [4.69, 9.17) is 0 Å². The molecule has 2 amide bonds. The van der Waals surface area contributed by atoms with Crippen LogP contribution in [0.3, 0.4) is 0 Å². The molecule has 0 aromatic heterocycles. The first-order valence-corrected chi connectivity index (χ1v) is 10.5. The van der Waals surface area contributed by atoms with Gasteiger partial charge in [0, 0.05) is 36.8 Å². The summed E-state index contributed by atoms with van der Waals surface area (Å²) in [5.41, 5.74) is 1.97. The molecule has 2 aliphatic rings. The number of likely N-dealkylation sites (N-methyl/N-ethyl adjacent to an activating group) is 1. The average Bonchev–Trinajstić information content (AvgIpc) is 2.97. The summed E-state index contributed by atoms with van der Waals surface area (Å²) < 4.78 is 0. The van der Waals surface area contributed by atoms with E-state index in [-0.39, 0.29) is 17.4 Å². The molecule has 0 radical (unpaired) electrons. The van der Waals surface area contributed by atoms with Crippen molar-refractivity contribution in [3.63, 3.8) is 0 Å². The van der Waals surface area contributed by atoms with E-state index < -0.39 is 0 Å². The summed E-state index contributed by atoms with van der Waals surface area (Å²) in [5, 5.41) is 3.11. The molecule has 1 N–H and O–H groups in total. The van der Waals surface area contributed by atoms with Crippen LogP contribution in [0.15, 0.2) is 30.3 Å². The van der Waals surface area contributed by atoms with Gasteiger partial charge in [-0.25, -0.2) is 0 Å².